The van der Waals surface area contributed by atoms with Gasteiger partial charge in [0.2, 0.25) is 0 Å². The number of benzene rings is 2. The highest BCUT2D eigenvalue weighted by Gasteiger charge is 2.17. The average molecular weight is 328 g/mol. The van der Waals surface area contributed by atoms with Crippen LogP contribution in [0.1, 0.15) is 12.5 Å². The summed E-state index contributed by atoms with van der Waals surface area (Å²) in [7, 11) is 1.53. The maximum atomic E-state index is 12.3. The Kier molecular flexibility index (Phi) is 3.89. The van der Waals surface area contributed by atoms with Crippen LogP contribution < -0.4 is 15.1 Å². The molecule has 3 aromatic rings. The maximum absolute atomic E-state index is 12.3. The van der Waals surface area contributed by atoms with Crippen LogP contribution in [0, 0.1) is 6.92 Å². The van der Waals surface area contributed by atoms with E-state index in [4.69, 9.17) is 19.0 Å². The number of hydrogen-bond acceptors (Lipinski definition) is 5. The zero-order valence-corrected chi connectivity index (χ0v) is 13.5. The first kappa shape index (κ1) is 15.9. The Morgan fingerprint density at radius 1 is 1.17 bits per heavy atom. The number of rotatable bonds is 4. The average Bonchev–Trinajstić information content (AvgIpc) is 2.57. The van der Waals surface area contributed by atoms with E-state index in [1.807, 2.05) is 0 Å². The monoisotopic (exact) mass is 328 g/mol. The summed E-state index contributed by atoms with van der Waals surface area (Å²) in [5.74, 6) is -0.129. The second-order valence-corrected chi connectivity index (χ2v) is 5.46. The molecule has 3 rings (SSSR count). The van der Waals surface area contributed by atoms with Gasteiger partial charge in [0, 0.05) is 16.3 Å². The van der Waals surface area contributed by atoms with Crippen LogP contribution in [0.2, 0.25) is 0 Å². The number of carboxylic acids is 1. The third-order valence-corrected chi connectivity index (χ3v) is 3.94. The summed E-state index contributed by atoms with van der Waals surface area (Å²) in [6.45, 7) is 3.17. The molecule has 2 aromatic carbocycles. The second-order valence-electron chi connectivity index (χ2n) is 5.46. The van der Waals surface area contributed by atoms with Crippen molar-refractivity contribution in [1.29, 1.82) is 0 Å². The second kappa shape index (κ2) is 5.88. The lowest BCUT2D eigenvalue weighted by Crippen LogP contribution is -2.23. The van der Waals surface area contributed by atoms with Gasteiger partial charge in [-0.1, -0.05) is 0 Å². The molecule has 0 unspecified atom stereocenters. The third-order valence-electron chi connectivity index (χ3n) is 3.94. The molecule has 1 atom stereocenters. The Morgan fingerprint density at radius 2 is 1.88 bits per heavy atom. The molecule has 6 heteroatoms. The molecule has 0 aliphatic heterocycles. The Bertz CT molecular complexity index is 1000. The van der Waals surface area contributed by atoms with Gasteiger partial charge in [-0.05, 0) is 44.2 Å². The molecule has 0 spiro atoms. The minimum Gasteiger partial charge on any atom is -0.497 e. The quantitative estimate of drug-likeness (QED) is 0.585. The lowest BCUT2D eigenvalue weighted by molar-refractivity contribution is -0.144. The molecule has 0 saturated carbocycles. The molecule has 1 N–H and O–H groups in total. The van der Waals surface area contributed by atoms with Crippen molar-refractivity contribution in [2.24, 2.45) is 0 Å². The lowest BCUT2D eigenvalue weighted by Gasteiger charge is -2.14. The molecular weight excluding hydrogens is 312 g/mol. The van der Waals surface area contributed by atoms with Crippen LogP contribution in [0.5, 0.6) is 11.5 Å². The van der Waals surface area contributed by atoms with Gasteiger partial charge in [0.1, 0.15) is 17.1 Å². The number of methoxy groups -OCH3 is 1. The summed E-state index contributed by atoms with van der Waals surface area (Å²) in [4.78, 5) is 23.3. The normalized spacial score (nSPS) is 12.3. The van der Waals surface area contributed by atoms with E-state index in [-0.39, 0.29) is 0 Å². The van der Waals surface area contributed by atoms with Gasteiger partial charge in [0.15, 0.2) is 6.10 Å². The van der Waals surface area contributed by atoms with E-state index in [9.17, 15) is 9.59 Å². The van der Waals surface area contributed by atoms with Crippen LogP contribution in [0.4, 0.5) is 0 Å². The van der Waals surface area contributed by atoms with Gasteiger partial charge in [-0.25, -0.2) is 9.59 Å². The molecular formula is C18H16O6. The summed E-state index contributed by atoms with van der Waals surface area (Å²) in [6, 6.07) is 8.64. The van der Waals surface area contributed by atoms with E-state index in [0.717, 1.165) is 10.8 Å². The van der Waals surface area contributed by atoms with Crippen molar-refractivity contribution in [3.8, 4) is 11.5 Å². The van der Waals surface area contributed by atoms with Gasteiger partial charge in [-0.2, -0.15) is 0 Å². The first-order valence-electron chi connectivity index (χ1n) is 7.36. The summed E-state index contributed by atoms with van der Waals surface area (Å²) in [6.07, 6.45) is -1.00. The van der Waals surface area contributed by atoms with Gasteiger partial charge in [0.05, 0.1) is 12.5 Å². The first-order chi connectivity index (χ1) is 11.4. The number of aliphatic carboxylic acids is 1. The summed E-state index contributed by atoms with van der Waals surface area (Å²) >= 11 is 0. The Hall–Kier alpha value is -3.02. The highest BCUT2D eigenvalue weighted by Crippen LogP contribution is 2.32. The molecule has 0 aliphatic rings. The molecule has 0 fully saturated rings. The van der Waals surface area contributed by atoms with Crippen LogP contribution in [-0.4, -0.2) is 24.3 Å². The summed E-state index contributed by atoms with van der Waals surface area (Å²) in [5, 5.41) is 10.9. The topological polar surface area (TPSA) is 86.0 Å². The number of hydrogen-bond donors (Lipinski definition) is 1. The molecule has 0 radical (unpaired) electrons. The van der Waals surface area contributed by atoms with Crippen molar-refractivity contribution >= 4 is 27.7 Å². The number of ether oxygens (including phenoxy) is 2. The van der Waals surface area contributed by atoms with E-state index in [0.29, 0.717) is 28.0 Å². The van der Waals surface area contributed by atoms with Crippen molar-refractivity contribution in [2.75, 3.05) is 7.11 Å². The zero-order chi connectivity index (χ0) is 17.4. The van der Waals surface area contributed by atoms with E-state index < -0.39 is 17.7 Å². The smallest absolute Gasteiger partial charge is 0.344 e. The summed E-state index contributed by atoms with van der Waals surface area (Å²) < 4.78 is 16.0. The Labute approximate surface area is 137 Å². The fraction of sp³-hybridized carbons (Fsp3) is 0.222. The minimum atomic E-state index is -1.07. The molecule has 24 heavy (non-hydrogen) atoms. The Morgan fingerprint density at radius 3 is 2.54 bits per heavy atom. The van der Waals surface area contributed by atoms with Gasteiger partial charge < -0.3 is 19.0 Å². The number of carbonyl (C=O) groups is 1. The first-order valence-corrected chi connectivity index (χ1v) is 7.36. The number of aryl methyl sites for hydroxylation is 1. The number of fused-ring (bicyclic) bond motifs is 3. The van der Waals surface area contributed by atoms with E-state index in [1.54, 1.807) is 37.3 Å². The number of carboxylic acid groups (broad SMARTS) is 1. The van der Waals surface area contributed by atoms with E-state index in [1.165, 1.54) is 14.0 Å². The van der Waals surface area contributed by atoms with Gasteiger partial charge >= 0.3 is 11.6 Å². The summed E-state index contributed by atoms with van der Waals surface area (Å²) in [5.41, 5.74) is 0.478. The molecule has 1 heterocycles. The van der Waals surface area contributed by atoms with Crippen LogP contribution in [0.25, 0.3) is 21.7 Å². The highest BCUT2D eigenvalue weighted by molar-refractivity contribution is 6.06. The van der Waals surface area contributed by atoms with Crippen LogP contribution in [-0.2, 0) is 4.79 Å². The minimum absolute atomic E-state index is 0.369. The standard InChI is InChI=1S/C18H16O6/c1-9-15(23-10(2)17(19)20)7-6-13-12-5-4-11(22-3)8-14(12)18(21)24-16(9)13/h4-8,10H,1-3H3,(H,19,20)/t10-/m0/s1. The predicted molar refractivity (Wildman–Crippen MR) is 89.0 cm³/mol. The fourth-order valence-electron chi connectivity index (χ4n) is 2.59. The molecule has 0 bridgehead atoms. The van der Waals surface area contributed by atoms with Crippen LogP contribution in [0.3, 0.4) is 0 Å². The van der Waals surface area contributed by atoms with Crippen molar-refractivity contribution in [3.05, 3.63) is 46.3 Å². The van der Waals surface area contributed by atoms with Gasteiger partial charge in [-0.3, -0.25) is 0 Å². The maximum Gasteiger partial charge on any atom is 0.344 e. The molecule has 0 saturated heterocycles. The van der Waals surface area contributed by atoms with Crippen molar-refractivity contribution in [3.63, 3.8) is 0 Å². The molecule has 1 aromatic heterocycles. The lowest BCUT2D eigenvalue weighted by atomic mass is 10.0. The van der Waals surface area contributed by atoms with E-state index in [2.05, 4.69) is 0 Å². The van der Waals surface area contributed by atoms with E-state index >= 15 is 0 Å². The molecule has 6 nitrogen and oxygen atoms in total. The largest absolute Gasteiger partial charge is 0.497 e. The van der Waals surface area contributed by atoms with Gasteiger partial charge in [-0.15, -0.1) is 0 Å². The van der Waals surface area contributed by atoms with Crippen molar-refractivity contribution in [1.82, 2.24) is 0 Å². The third kappa shape index (κ3) is 2.56. The highest BCUT2D eigenvalue weighted by atomic mass is 16.5. The van der Waals surface area contributed by atoms with Crippen LogP contribution in [0.15, 0.2) is 39.5 Å². The van der Waals surface area contributed by atoms with Gasteiger partial charge in [0.25, 0.3) is 0 Å². The molecule has 124 valence electrons. The fourth-order valence-corrected chi connectivity index (χ4v) is 2.59. The van der Waals surface area contributed by atoms with Crippen molar-refractivity contribution < 1.29 is 23.8 Å². The van der Waals surface area contributed by atoms with Crippen LogP contribution >= 0.6 is 0 Å². The Balaban J connectivity index is 2.24. The SMILES string of the molecule is COc1ccc2c(c1)c(=O)oc1c(C)c(O[C@@H](C)C(=O)O)ccc12. The van der Waals surface area contributed by atoms with Crippen molar-refractivity contribution in [2.45, 2.75) is 20.0 Å². The molecule has 0 aliphatic carbocycles. The predicted octanol–water partition coefficient (Wildman–Crippen LogP) is 3.12. The molecule has 0 amide bonds. The zero-order valence-electron chi connectivity index (χ0n) is 13.5.